The smallest absolute Gasteiger partial charge is 0.121 e. The van der Waals surface area contributed by atoms with Gasteiger partial charge in [0.05, 0.1) is 6.61 Å². The molecule has 54 valence electrons. The average Bonchev–Trinajstić information content (AvgIpc) is 1.85. The molecule has 0 aliphatic carbocycles. The number of carbonyl (C=O) groups excluding carboxylic acids is 1. The van der Waals surface area contributed by atoms with Crippen LogP contribution in [0.4, 0.5) is 0 Å². The van der Waals surface area contributed by atoms with Crippen LogP contribution in [0.3, 0.4) is 0 Å². The fraction of sp³-hybridized carbons (Fsp3) is 0.833. The second kappa shape index (κ2) is 6.11. The molecule has 2 nitrogen and oxygen atoms in total. The fourth-order valence-corrected chi connectivity index (χ4v) is 1.18. The first-order chi connectivity index (χ1) is 4.31. The summed E-state index contributed by atoms with van der Waals surface area (Å²) in [6.07, 6.45) is 1.50. The highest BCUT2D eigenvalue weighted by atomic mass is 32.2. The lowest BCUT2D eigenvalue weighted by Gasteiger charge is -2.03. The van der Waals surface area contributed by atoms with Crippen LogP contribution < -0.4 is 0 Å². The maximum atomic E-state index is 9.90. The number of thioether (sulfide) groups is 1. The summed E-state index contributed by atoms with van der Waals surface area (Å²) in [5.74, 6) is 0.731. The highest BCUT2D eigenvalue weighted by Gasteiger charge is 1.98. The van der Waals surface area contributed by atoms with Crippen LogP contribution in [0.2, 0.25) is 0 Å². The highest BCUT2D eigenvalue weighted by Crippen LogP contribution is 2.10. The van der Waals surface area contributed by atoms with E-state index in [1.54, 1.807) is 11.8 Å². The minimum Gasteiger partial charge on any atom is -0.396 e. The van der Waals surface area contributed by atoms with E-state index in [2.05, 4.69) is 0 Å². The third kappa shape index (κ3) is 5.86. The van der Waals surface area contributed by atoms with E-state index in [0.29, 0.717) is 11.7 Å². The number of hydrogen-bond donors (Lipinski definition) is 1. The molecule has 0 radical (unpaired) electrons. The number of aliphatic hydroxyl groups is 1. The Bertz CT molecular complexity index is 75.5. The SMILES string of the molecule is CC(CC=O)SCCO. The van der Waals surface area contributed by atoms with Gasteiger partial charge < -0.3 is 9.90 Å². The molecule has 1 N–H and O–H groups in total. The van der Waals surface area contributed by atoms with Gasteiger partial charge >= 0.3 is 0 Å². The highest BCUT2D eigenvalue weighted by molar-refractivity contribution is 7.99. The van der Waals surface area contributed by atoms with Crippen molar-refractivity contribution in [3.8, 4) is 0 Å². The van der Waals surface area contributed by atoms with Crippen LogP contribution in [0, 0.1) is 0 Å². The Morgan fingerprint density at radius 3 is 2.89 bits per heavy atom. The molecular weight excluding hydrogens is 136 g/mol. The van der Waals surface area contributed by atoms with Crippen molar-refractivity contribution in [1.29, 1.82) is 0 Å². The normalized spacial score (nSPS) is 13.1. The molecule has 9 heavy (non-hydrogen) atoms. The van der Waals surface area contributed by atoms with Gasteiger partial charge in [-0.2, -0.15) is 11.8 Å². The first-order valence-corrected chi connectivity index (χ1v) is 4.02. The van der Waals surface area contributed by atoms with E-state index in [1.807, 2.05) is 6.92 Å². The van der Waals surface area contributed by atoms with Crippen LogP contribution in [0.5, 0.6) is 0 Å². The second-order valence-corrected chi connectivity index (χ2v) is 3.35. The van der Waals surface area contributed by atoms with Crippen LogP contribution in [-0.2, 0) is 4.79 Å². The number of aldehydes is 1. The summed E-state index contributed by atoms with van der Waals surface area (Å²) in [6, 6.07) is 0. The van der Waals surface area contributed by atoms with Gasteiger partial charge in [-0.15, -0.1) is 0 Å². The van der Waals surface area contributed by atoms with Crippen molar-refractivity contribution in [3.05, 3.63) is 0 Å². The number of rotatable bonds is 5. The number of hydrogen-bond acceptors (Lipinski definition) is 3. The largest absolute Gasteiger partial charge is 0.396 e. The maximum absolute atomic E-state index is 9.90. The average molecular weight is 148 g/mol. The van der Waals surface area contributed by atoms with Gasteiger partial charge in [-0.05, 0) is 0 Å². The predicted octanol–water partition coefficient (Wildman–Crippen LogP) is 0.689. The molecule has 0 rings (SSSR count). The lowest BCUT2D eigenvalue weighted by molar-refractivity contribution is -0.107. The first-order valence-electron chi connectivity index (χ1n) is 2.97. The number of aliphatic hydroxyl groups excluding tert-OH is 1. The van der Waals surface area contributed by atoms with Crippen LogP contribution in [0.25, 0.3) is 0 Å². The zero-order valence-corrected chi connectivity index (χ0v) is 6.36. The summed E-state index contributed by atoms with van der Waals surface area (Å²) in [4.78, 5) is 9.90. The lowest BCUT2D eigenvalue weighted by atomic mass is 10.4. The monoisotopic (exact) mass is 148 g/mol. The van der Waals surface area contributed by atoms with E-state index in [9.17, 15) is 4.79 Å². The molecule has 1 unspecified atom stereocenters. The van der Waals surface area contributed by atoms with Crippen molar-refractivity contribution in [2.75, 3.05) is 12.4 Å². The molecule has 0 aliphatic heterocycles. The van der Waals surface area contributed by atoms with Crippen molar-refractivity contribution in [2.24, 2.45) is 0 Å². The molecule has 3 heteroatoms. The summed E-state index contributed by atoms with van der Waals surface area (Å²) >= 11 is 1.62. The van der Waals surface area contributed by atoms with Gasteiger partial charge in [0.1, 0.15) is 6.29 Å². The molecule has 0 aromatic heterocycles. The zero-order chi connectivity index (χ0) is 7.11. The molecule has 0 bridgehead atoms. The molecule has 0 heterocycles. The standard InChI is InChI=1S/C6H12O2S/c1-6(2-3-7)9-5-4-8/h3,6,8H,2,4-5H2,1H3. The molecule has 0 saturated carbocycles. The van der Waals surface area contributed by atoms with E-state index in [-0.39, 0.29) is 6.61 Å². The van der Waals surface area contributed by atoms with Crippen molar-refractivity contribution in [1.82, 2.24) is 0 Å². The molecule has 0 spiro atoms. The molecule has 1 atom stereocenters. The van der Waals surface area contributed by atoms with Crippen LogP contribution in [0.1, 0.15) is 13.3 Å². The summed E-state index contributed by atoms with van der Waals surface area (Å²) in [5, 5.41) is 8.73. The number of carbonyl (C=O) groups is 1. The van der Waals surface area contributed by atoms with Crippen molar-refractivity contribution >= 4 is 18.0 Å². The van der Waals surface area contributed by atoms with Crippen LogP contribution >= 0.6 is 11.8 Å². The van der Waals surface area contributed by atoms with Crippen molar-refractivity contribution in [2.45, 2.75) is 18.6 Å². The Labute approximate surface area is 59.6 Å². The Balaban J connectivity index is 3.04. The predicted molar refractivity (Wildman–Crippen MR) is 39.7 cm³/mol. The molecule has 0 amide bonds. The fourth-order valence-electron chi connectivity index (χ4n) is 0.457. The van der Waals surface area contributed by atoms with Crippen LogP contribution in [0.15, 0.2) is 0 Å². The Morgan fingerprint density at radius 1 is 1.78 bits per heavy atom. The third-order valence-electron chi connectivity index (χ3n) is 0.922. The molecule has 0 aliphatic rings. The summed E-state index contributed by atoms with van der Waals surface area (Å²) in [7, 11) is 0. The Hall–Kier alpha value is -0.0200. The van der Waals surface area contributed by atoms with Gasteiger partial charge in [0.25, 0.3) is 0 Å². The minimum atomic E-state index is 0.202. The lowest BCUT2D eigenvalue weighted by Crippen LogP contribution is -1.99. The summed E-state index contributed by atoms with van der Waals surface area (Å²) < 4.78 is 0. The Kier molecular flexibility index (Phi) is 6.09. The van der Waals surface area contributed by atoms with Gasteiger partial charge in [0.15, 0.2) is 0 Å². The van der Waals surface area contributed by atoms with Gasteiger partial charge in [-0.1, -0.05) is 6.92 Å². The van der Waals surface area contributed by atoms with Gasteiger partial charge in [-0.3, -0.25) is 0 Å². The molecular formula is C6H12O2S. The van der Waals surface area contributed by atoms with E-state index in [0.717, 1.165) is 12.0 Å². The minimum absolute atomic E-state index is 0.202. The van der Waals surface area contributed by atoms with Crippen LogP contribution in [-0.4, -0.2) is 29.0 Å². The topological polar surface area (TPSA) is 37.3 Å². The first kappa shape index (κ1) is 8.98. The molecule has 0 fully saturated rings. The molecule has 0 aromatic carbocycles. The maximum Gasteiger partial charge on any atom is 0.121 e. The van der Waals surface area contributed by atoms with Gasteiger partial charge in [0.2, 0.25) is 0 Å². The van der Waals surface area contributed by atoms with E-state index in [1.165, 1.54) is 0 Å². The quantitative estimate of drug-likeness (QED) is 0.583. The van der Waals surface area contributed by atoms with Crippen molar-refractivity contribution < 1.29 is 9.90 Å². The van der Waals surface area contributed by atoms with E-state index in [4.69, 9.17) is 5.11 Å². The van der Waals surface area contributed by atoms with E-state index >= 15 is 0 Å². The molecule has 0 aromatic rings. The zero-order valence-electron chi connectivity index (χ0n) is 5.54. The Morgan fingerprint density at radius 2 is 2.44 bits per heavy atom. The van der Waals surface area contributed by atoms with Crippen molar-refractivity contribution in [3.63, 3.8) is 0 Å². The molecule has 0 saturated heterocycles. The third-order valence-corrected chi connectivity index (χ3v) is 2.10. The van der Waals surface area contributed by atoms with Gasteiger partial charge in [0, 0.05) is 17.4 Å². The second-order valence-electron chi connectivity index (χ2n) is 1.81. The van der Waals surface area contributed by atoms with E-state index < -0.39 is 0 Å². The summed E-state index contributed by atoms with van der Waals surface area (Å²) in [6.45, 7) is 2.18. The van der Waals surface area contributed by atoms with Gasteiger partial charge in [-0.25, -0.2) is 0 Å². The summed E-state index contributed by atoms with van der Waals surface area (Å²) in [5.41, 5.74) is 0.